The molecule has 1 heterocycles. The number of ether oxygens (including phenoxy) is 1. The molecule has 3 aromatic carbocycles. The smallest absolute Gasteiger partial charge is 0.178 e. The van der Waals surface area contributed by atoms with Crippen molar-refractivity contribution in [2.45, 2.75) is 4.34 Å². The largest absolute Gasteiger partial charge is 0.493 e. The first-order valence-electron chi connectivity index (χ1n) is 10.6. The number of rotatable bonds is 10. The zero-order valence-corrected chi connectivity index (χ0v) is 19.8. The molecule has 0 bridgehead atoms. The van der Waals surface area contributed by atoms with Crippen LogP contribution < -0.4 is 4.74 Å². The topological polar surface area (TPSA) is 52.1 Å². The molecular weight excluding hydrogens is 467 g/mol. The van der Waals surface area contributed by atoms with Crippen molar-refractivity contribution in [1.29, 1.82) is 0 Å². The third-order valence-corrected chi connectivity index (χ3v) is 6.73. The van der Waals surface area contributed by atoms with Crippen molar-refractivity contribution in [2.75, 3.05) is 12.4 Å². The van der Waals surface area contributed by atoms with E-state index in [4.69, 9.17) is 4.74 Å². The molecular formula is C27H21FN2O2S2. The maximum absolute atomic E-state index is 13.6. The minimum atomic E-state index is -0.357. The Balaban J connectivity index is 1.21. The van der Waals surface area contributed by atoms with Gasteiger partial charge in [-0.25, -0.2) is 4.39 Å². The van der Waals surface area contributed by atoms with Gasteiger partial charge in [-0.2, -0.15) is 0 Å². The first-order chi connectivity index (χ1) is 16.7. The van der Waals surface area contributed by atoms with Crippen molar-refractivity contribution in [3.05, 3.63) is 108 Å². The zero-order chi connectivity index (χ0) is 23.6. The first kappa shape index (κ1) is 23.6. The summed E-state index contributed by atoms with van der Waals surface area (Å²) in [5.41, 5.74) is 2.32. The van der Waals surface area contributed by atoms with Crippen LogP contribution in [0.15, 0.2) is 95.4 Å². The molecule has 34 heavy (non-hydrogen) atoms. The summed E-state index contributed by atoms with van der Waals surface area (Å²) in [6.07, 6.45) is 6.00. The van der Waals surface area contributed by atoms with Gasteiger partial charge in [0.2, 0.25) is 0 Å². The number of benzene rings is 3. The van der Waals surface area contributed by atoms with Crippen molar-refractivity contribution in [3.8, 4) is 16.3 Å². The number of halogens is 1. The molecule has 7 heteroatoms. The molecule has 0 fully saturated rings. The van der Waals surface area contributed by atoms with Crippen molar-refractivity contribution in [2.24, 2.45) is 0 Å². The first-order valence-corrected chi connectivity index (χ1v) is 12.4. The molecule has 0 spiro atoms. The summed E-state index contributed by atoms with van der Waals surface area (Å²) in [6, 6.07) is 23.8. The fourth-order valence-corrected chi connectivity index (χ4v) is 4.69. The Kier molecular flexibility index (Phi) is 8.38. The molecule has 170 valence electrons. The maximum Gasteiger partial charge on any atom is 0.178 e. The molecule has 1 aromatic heterocycles. The number of aromatic nitrogens is 2. The van der Waals surface area contributed by atoms with E-state index >= 15 is 0 Å². The Morgan fingerprint density at radius 2 is 1.65 bits per heavy atom. The highest BCUT2D eigenvalue weighted by molar-refractivity contribution is 8.01. The van der Waals surface area contributed by atoms with Gasteiger partial charge in [-0.3, -0.25) is 4.79 Å². The van der Waals surface area contributed by atoms with Crippen LogP contribution in [-0.2, 0) is 4.79 Å². The molecule has 0 aliphatic carbocycles. The van der Waals surface area contributed by atoms with Gasteiger partial charge in [0.15, 0.2) is 10.1 Å². The fourth-order valence-electron chi connectivity index (χ4n) is 2.95. The Morgan fingerprint density at radius 1 is 0.912 bits per heavy atom. The molecule has 4 nitrogen and oxygen atoms in total. The number of ketones is 1. The average Bonchev–Trinajstić information content (AvgIpc) is 3.35. The summed E-state index contributed by atoms with van der Waals surface area (Å²) in [4.78, 5) is 12.0. The molecule has 0 saturated heterocycles. The molecule has 0 N–H and O–H groups in total. The van der Waals surface area contributed by atoms with Crippen LogP contribution in [0.25, 0.3) is 22.7 Å². The summed E-state index contributed by atoms with van der Waals surface area (Å²) in [5, 5.41) is 9.40. The number of nitrogens with zero attached hydrogens (tertiary/aromatic N) is 2. The Hall–Kier alpha value is -3.55. The highest BCUT2D eigenvalue weighted by Gasteiger charge is 2.06. The van der Waals surface area contributed by atoms with Gasteiger partial charge in [-0.1, -0.05) is 89.8 Å². The van der Waals surface area contributed by atoms with Crippen molar-refractivity contribution in [3.63, 3.8) is 0 Å². The Labute approximate surface area is 205 Å². The number of carbonyl (C=O) groups is 1. The van der Waals surface area contributed by atoms with Gasteiger partial charge >= 0.3 is 0 Å². The van der Waals surface area contributed by atoms with Gasteiger partial charge < -0.3 is 4.74 Å². The quantitative estimate of drug-likeness (QED) is 0.139. The molecule has 0 saturated carbocycles. The lowest BCUT2D eigenvalue weighted by molar-refractivity contribution is -0.110. The second-order valence-electron chi connectivity index (χ2n) is 7.10. The molecule has 4 aromatic rings. The fraction of sp³-hybridized carbons (Fsp3) is 0.0741. The lowest BCUT2D eigenvalue weighted by Gasteiger charge is -2.05. The summed E-state index contributed by atoms with van der Waals surface area (Å²) in [6.45, 7) is 0.541. The Morgan fingerprint density at radius 3 is 2.44 bits per heavy atom. The van der Waals surface area contributed by atoms with Gasteiger partial charge in [0, 0.05) is 16.9 Å². The highest BCUT2D eigenvalue weighted by atomic mass is 32.2. The van der Waals surface area contributed by atoms with E-state index in [1.165, 1.54) is 24.3 Å². The van der Waals surface area contributed by atoms with Crippen LogP contribution >= 0.6 is 23.1 Å². The number of carbonyl (C=O) groups excluding carboxylic acids is 1. The van der Waals surface area contributed by atoms with Gasteiger partial charge in [0.25, 0.3) is 0 Å². The van der Waals surface area contributed by atoms with Crippen LogP contribution in [0.2, 0.25) is 0 Å². The van der Waals surface area contributed by atoms with Crippen molar-refractivity contribution < 1.29 is 13.9 Å². The van der Waals surface area contributed by atoms with E-state index < -0.39 is 0 Å². The van der Waals surface area contributed by atoms with E-state index in [-0.39, 0.29) is 11.6 Å². The van der Waals surface area contributed by atoms with Gasteiger partial charge in [0.05, 0.1) is 6.61 Å². The van der Waals surface area contributed by atoms with Gasteiger partial charge in [-0.15, -0.1) is 10.2 Å². The van der Waals surface area contributed by atoms with E-state index in [9.17, 15) is 9.18 Å². The van der Waals surface area contributed by atoms with Gasteiger partial charge in [-0.05, 0) is 42.0 Å². The number of hydrogen-bond donors (Lipinski definition) is 0. The molecule has 0 atom stereocenters. The minimum Gasteiger partial charge on any atom is -0.493 e. The normalized spacial score (nSPS) is 11.3. The van der Waals surface area contributed by atoms with Crippen LogP contribution in [0, 0.1) is 5.82 Å². The molecule has 0 unspecified atom stereocenters. The Bertz CT molecular complexity index is 1290. The number of allylic oxidation sites excluding steroid dienone is 2. The molecule has 0 aliphatic heterocycles. The third-order valence-electron chi connectivity index (χ3n) is 4.66. The maximum atomic E-state index is 13.6. The van der Waals surface area contributed by atoms with E-state index in [1.54, 1.807) is 47.4 Å². The molecule has 0 radical (unpaired) electrons. The zero-order valence-electron chi connectivity index (χ0n) is 18.1. The highest BCUT2D eigenvalue weighted by Crippen LogP contribution is 2.29. The lowest BCUT2D eigenvalue weighted by atomic mass is 10.1. The summed E-state index contributed by atoms with van der Waals surface area (Å²) < 4.78 is 20.3. The van der Waals surface area contributed by atoms with E-state index in [0.29, 0.717) is 12.2 Å². The second kappa shape index (κ2) is 12.1. The van der Waals surface area contributed by atoms with E-state index in [2.05, 4.69) is 10.2 Å². The molecule has 0 aliphatic rings. The summed E-state index contributed by atoms with van der Waals surface area (Å²) in [5.74, 6) is 0.941. The van der Waals surface area contributed by atoms with E-state index in [1.807, 2.05) is 54.6 Å². The predicted octanol–water partition coefficient (Wildman–Crippen LogP) is 6.81. The number of thioether (sulfide) groups is 1. The van der Waals surface area contributed by atoms with Crippen molar-refractivity contribution >= 4 is 41.0 Å². The third kappa shape index (κ3) is 6.97. The van der Waals surface area contributed by atoms with Gasteiger partial charge in [0.1, 0.15) is 16.6 Å². The van der Waals surface area contributed by atoms with Crippen LogP contribution in [0.1, 0.15) is 11.1 Å². The average molecular weight is 489 g/mol. The SMILES string of the molecule is O=C(/C=C/c1ccc(OCCSc2nnc(-c3ccccc3)s2)cc1)/C=C/c1ccccc1F. The van der Waals surface area contributed by atoms with Crippen LogP contribution in [0.4, 0.5) is 4.39 Å². The van der Waals surface area contributed by atoms with Crippen molar-refractivity contribution in [1.82, 2.24) is 10.2 Å². The minimum absolute atomic E-state index is 0.215. The molecule has 4 rings (SSSR count). The molecule has 0 amide bonds. The van der Waals surface area contributed by atoms with Crippen LogP contribution in [0.3, 0.4) is 0 Å². The van der Waals surface area contributed by atoms with Crippen LogP contribution in [-0.4, -0.2) is 28.3 Å². The summed E-state index contributed by atoms with van der Waals surface area (Å²) >= 11 is 3.19. The lowest BCUT2D eigenvalue weighted by Crippen LogP contribution is -1.99. The summed E-state index contributed by atoms with van der Waals surface area (Å²) in [7, 11) is 0. The predicted molar refractivity (Wildman–Crippen MR) is 137 cm³/mol. The monoisotopic (exact) mass is 488 g/mol. The number of hydrogen-bond acceptors (Lipinski definition) is 6. The second-order valence-corrected chi connectivity index (χ2v) is 9.42. The standard InChI is InChI=1S/C27H21FN2O2S2/c28-25-9-5-4-6-21(25)13-15-23(31)14-10-20-11-16-24(17-12-20)32-18-19-33-27-30-29-26(34-27)22-7-2-1-3-8-22/h1-17H,18-19H2/b14-10+,15-13+. The van der Waals surface area contributed by atoms with E-state index in [0.717, 1.165) is 32.0 Å². The van der Waals surface area contributed by atoms with Crippen LogP contribution in [0.5, 0.6) is 5.75 Å².